The molecule has 0 spiro atoms. The van der Waals surface area contributed by atoms with Crippen LogP contribution in [-0.4, -0.2) is 48.9 Å². The molecule has 0 bridgehead atoms. The van der Waals surface area contributed by atoms with Crippen molar-refractivity contribution < 1.29 is 9.59 Å². The molecular weight excluding hydrogens is 256 g/mol. The Morgan fingerprint density at radius 1 is 1.45 bits per heavy atom. The molecular formula is C14H20N4O2. The summed E-state index contributed by atoms with van der Waals surface area (Å²) in [5.74, 6) is -0.677. The van der Waals surface area contributed by atoms with Gasteiger partial charge in [-0.25, -0.2) is 0 Å². The fraction of sp³-hybridized carbons (Fsp3) is 0.429. The maximum Gasteiger partial charge on any atom is 0.250 e. The standard InChI is InChI=1S/C14H20N4O2/c1-10-8-16-6-7-18(10)9-13(19)17-12-5-3-2-4-11(12)14(15)20/h2-5,10,16H,6-9H2,1H3,(H2,15,20)(H,17,19)/t10-/m0/s1. The lowest BCUT2D eigenvalue weighted by Gasteiger charge is -2.33. The first-order chi connectivity index (χ1) is 9.58. The molecule has 1 saturated heterocycles. The quantitative estimate of drug-likeness (QED) is 0.723. The normalized spacial score (nSPS) is 19.6. The van der Waals surface area contributed by atoms with Crippen molar-refractivity contribution in [3.05, 3.63) is 29.8 Å². The number of nitrogens with zero attached hydrogens (tertiary/aromatic N) is 1. The minimum atomic E-state index is -0.545. The van der Waals surface area contributed by atoms with Crippen LogP contribution in [0.25, 0.3) is 0 Å². The van der Waals surface area contributed by atoms with Gasteiger partial charge >= 0.3 is 0 Å². The van der Waals surface area contributed by atoms with Gasteiger partial charge in [-0.1, -0.05) is 12.1 Å². The number of piperazine rings is 1. The second-order valence-electron chi connectivity index (χ2n) is 4.98. The summed E-state index contributed by atoms with van der Waals surface area (Å²) in [6, 6.07) is 7.08. The fourth-order valence-electron chi connectivity index (χ4n) is 2.30. The Morgan fingerprint density at radius 2 is 2.20 bits per heavy atom. The maximum atomic E-state index is 12.1. The maximum absolute atomic E-state index is 12.1. The summed E-state index contributed by atoms with van der Waals surface area (Å²) in [5, 5.41) is 6.03. The number of primary amides is 1. The van der Waals surface area contributed by atoms with Crippen LogP contribution in [0.2, 0.25) is 0 Å². The van der Waals surface area contributed by atoms with E-state index < -0.39 is 5.91 Å². The van der Waals surface area contributed by atoms with Crippen LogP contribution in [0.15, 0.2) is 24.3 Å². The highest BCUT2D eigenvalue weighted by Gasteiger charge is 2.20. The van der Waals surface area contributed by atoms with Crippen molar-refractivity contribution in [3.8, 4) is 0 Å². The molecule has 0 unspecified atom stereocenters. The van der Waals surface area contributed by atoms with Crippen molar-refractivity contribution in [3.63, 3.8) is 0 Å². The largest absolute Gasteiger partial charge is 0.366 e. The van der Waals surface area contributed by atoms with Gasteiger partial charge in [0.15, 0.2) is 0 Å². The van der Waals surface area contributed by atoms with Crippen molar-refractivity contribution in [1.29, 1.82) is 0 Å². The van der Waals surface area contributed by atoms with E-state index in [1.165, 1.54) is 0 Å². The Morgan fingerprint density at radius 3 is 2.90 bits per heavy atom. The molecule has 0 saturated carbocycles. The Hall–Kier alpha value is -1.92. The molecule has 2 amide bonds. The van der Waals surface area contributed by atoms with Crippen LogP contribution < -0.4 is 16.4 Å². The van der Waals surface area contributed by atoms with Gasteiger partial charge in [-0.15, -0.1) is 0 Å². The van der Waals surface area contributed by atoms with E-state index in [1.807, 2.05) is 0 Å². The molecule has 1 heterocycles. The molecule has 2 rings (SSSR count). The Balaban J connectivity index is 1.99. The van der Waals surface area contributed by atoms with Crippen LogP contribution in [0.4, 0.5) is 5.69 Å². The summed E-state index contributed by atoms with van der Waals surface area (Å²) in [4.78, 5) is 25.5. The minimum Gasteiger partial charge on any atom is -0.366 e. The van der Waals surface area contributed by atoms with Gasteiger partial charge in [0.25, 0.3) is 5.91 Å². The Bertz CT molecular complexity index is 504. The lowest BCUT2D eigenvalue weighted by Crippen LogP contribution is -2.52. The number of hydrogen-bond acceptors (Lipinski definition) is 4. The second-order valence-corrected chi connectivity index (χ2v) is 4.98. The van der Waals surface area contributed by atoms with Crippen molar-refractivity contribution in [2.24, 2.45) is 5.73 Å². The van der Waals surface area contributed by atoms with Gasteiger partial charge in [0.05, 0.1) is 17.8 Å². The van der Waals surface area contributed by atoms with Gasteiger partial charge in [0.2, 0.25) is 5.91 Å². The van der Waals surface area contributed by atoms with Crippen molar-refractivity contribution in [1.82, 2.24) is 10.2 Å². The molecule has 20 heavy (non-hydrogen) atoms. The van der Waals surface area contributed by atoms with Crippen LogP contribution in [0, 0.1) is 0 Å². The summed E-state index contributed by atoms with van der Waals surface area (Å²) in [6.07, 6.45) is 0. The van der Waals surface area contributed by atoms with E-state index >= 15 is 0 Å². The molecule has 0 aromatic heterocycles. The number of nitrogens with two attached hydrogens (primary N) is 1. The zero-order valence-corrected chi connectivity index (χ0v) is 11.6. The fourth-order valence-corrected chi connectivity index (χ4v) is 2.30. The molecule has 6 nitrogen and oxygen atoms in total. The van der Waals surface area contributed by atoms with Gasteiger partial charge in [-0.2, -0.15) is 0 Å². The number of benzene rings is 1. The average Bonchev–Trinajstić information content (AvgIpc) is 2.41. The van der Waals surface area contributed by atoms with Crippen LogP contribution >= 0.6 is 0 Å². The van der Waals surface area contributed by atoms with Crippen molar-refractivity contribution >= 4 is 17.5 Å². The van der Waals surface area contributed by atoms with E-state index in [2.05, 4.69) is 22.5 Å². The summed E-state index contributed by atoms with van der Waals surface area (Å²) in [6.45, 7) is 5.00. The van der Waals surface area contributed by atoms with E-state index in [0.717, 1.165) is 19.6 Å². The third kappa shape index (κ3) is 3.55. The van der Waals surface area contributed by atoms with E-state index in [-0.39, 0.29) is 5.91 Å². The predicted molar refractivity (Wildman–Crippen MR) is 77.5 cm³/mol. The van der Waals surface area contributed by atoms with Gasteiger partial charge in [-0.05, 0) is 19.1 Å². The number of hydrogen-bond donors (Lipinski definition) is 3. The first kappa shape index (κ1) is 14.5. The highest BCUT2D eigenvalue weighted by molar-refractivity contribution is 6.03. The monoisotopic (exact) mass is 276 g/mol. The SMILES string of the molecule is C[C@H]1CNCCN1CC(=O)Nc1ccccc1C(N)=O. The molecule has 4 N–H and O–H groups in total. The number of anilines is 1. The minimum absolute atomic E-state index is 0.132. The van der Waals surface area contributed by atoms with E-state index in [0.29, 0.717) is 23.8 Å². The second kappa shape index (κ2) is 6.49. The average molecular weight is 276 g/mol. The number of nitrogens with one attached hydrogen (secondary N) is 2. The van der Waals surface area contributed by atoms with Crippen molar-refractivity contribution in [2.45, 2.75) is 13.0 Å². The van der Waals surface area contributed by atoms with Crippen molar-refractivity contribution in [2.75, 3.05) is 31.5 Å². The zero-order chi connectivity index (χ0) is 14.5. The smallest absolute Gasteiger partial charge is 0.250 e. The number of amides is 2. The van der Waals surface area contributed by atoms with Crippen LogP contribution in [0.1, 0.15) is 17.3 Å². The molecule has 1 aliphatic heterocycles. The number of rotatable bonds is 4. The summed E-state index contributed by atoms with van der Waals surface area (Å²) < 4.78 is 0. The number of carbonyl (C=O) groups is 2. The highest BCUT2D eigenvalue weighted by atomic mass is 16.2. The predicted octanol–water partition coefficient (Wildman–Crippen LogP) is 0.0177. The van der Waals surface area contributed by atoms with E-state index in [9.17, 15) is 9.59 Å². The van der Waals surface area contributed by atoms with Crippen LogP contribution in [0.5, 0.6) is 0 Å². The third-order valence-electron chi connectivity index (χ3n) is 3.45. The molecule has 1 aromatic rings. The summed E-state index contributed by atoms with van der Waals surface area (Å²) in [5.41, 5.74) is 6.08. The molecule has 0 aliphatic carbocycles. The lowest BCUT2D eigenvalue weighted by atomic mass is 10.1. The Labute approximate surface area is 118 Å². The lowest BCUT2D eigenvalue weighted by molar-refractivity contribution is -0.118. The van der Waals surface area contributed by atoms with Gasteiger partial charge in [0, 0.05) is 25.7 Å². The van der Waals surface area contributed by atoms with Crippen LogP contribution in [-0.2, 0) is 4.79 Å². The molecule has 1 fully saturated rings. The van der Waals surface area contributed by atoms with Gasteiger partial charge in [-0.3, -0.25) is 14.5 Å². The summed E-state index contributed by atoms with van der Waals surface area (Å²) in [7, 11) is 0. The molecule has 1 aliphatic rings. The van der Waals surface area contributed by atoms with Crippen LogP contribution in [0.3, 0.4) is 0 Å². The number of para-hydroxylation sites is 1. The third-order valence-corrected chi connectivity index (χ3v) is 3.45. The Kier molecular flexibility index (Phi) is 4.70. The highest BCUT2D eigenvalue weighted by Crippen LogP contribution is 2.14. The van der Waals surface area contributed by atoms with E-state index in [1.54, 1.807) is 24.3 Å². The molecule has 108 valence electrons. The first-order valence-electron chi connectivity index (χ1n) is 6.71. The van der Waals surface area contributed by atoms with Gasteiger partial charge < -0.3 is 16.4 Å². The van der Waals surface area contributed by atoms with E-state index in [4.69, 9.17) is 5.73 Å². The number of carbonyl (C=O) groups excluding carboxylic acids is 2. The summed E-state index contributed by atoms with van der Waals surface area (Å²) >= 11 is 0. The zero-order valence-electron chi connectivity index (χ0n) is 11.6. The molecule has 1 atom stereocenters. The molecule has 1 aromatic carbocycles. The topological polar surface area (TPSA) is 87.5 Å². The first-order valence-corrected chi connectivity index (χ1v) is 6.71. The van der Waals surface area contributed by atoms with Gasteiger partial charge in [0.1, 0.15) is 0 Å². The molecule has 6 heteroatoms. The molecule has 0 radical (unpaired) electrons.